The molecule has 0 saturated carbocycles. The number of carbonyl (C=O) groups excluding carboxylic acids is 1. The third-order valence-corrected chi connectivity index (χ3v) is 5.47. The van der Waals surface area contributed by atoms with E-state index < -0.39 is 5.97 Å². The van der Waals surface area contributed by atoms with Crippen molar-refractivity contribution in [1.82, 2.24) is 4.90 Å². The molecule has 5 heteroatoms. The van der Waals surface area contributed by atoms with E-state index in [1.54, 1.807) is 11.3 Å². The van der Waals surface area contributed by atoms with Gasteiger partial charge in [0.2, 0.25) is 0 Å². The van der Waals surface area contributed by atoms with Crippen LogP contribution in [0.4, 0.5) is 0 Å². The fourth-order valence-corrected chi connectivity index (χ4v) is 4.52. The number of aryl methyl sites for hydroxylation is 1. The number of hydrogen-bond acceptors (Lipinski definition) is 3. The Morgan fingerprint density at radius 2 is 1.95 bits per heavy atom. The van der Waals surface area contributed by atoms with Crippen LogP contribution in [0.1, 0.15) is 46.7 Å². The van der Waals surface area contributed by atoms with E-state index in [9.17, 15) is 9.59 Å². The summed E-state index contributed by atoms with van der Waals surface area (Å²) in [5, 5.41) is 8.94. The average Bonchev–Trinajstić information content (AvgIpc) is 2.91. The first-order valence-electron chi connectivity index (χ1n) is 7.15. The number of thiophene rings is 1. The van der Waals surface area contributed by atoms with Crippen LogP contribution in [-0.4, -0.2) is 34.0 Å². The van der Waals surface area contributed by atoms with Gasteiger partial charge in [0.25, 0.3) is 5.91 Å². The highest BCUT2D eigenvalue weighted by molar-refractivity contribution is 7.13. The van der Waals surface area contributed by atoms with Gasteiger partial charge in [-0.05, 0) is 50.7 Å². The van der Waals surface area contributed by atoms with Gasteiger partial charge in [0.05, 0.1) is 4.88 Å². The molecule has 2 atom stereocenters. The molecule has 1 aromatic heterocycles. The van der Waals surface area contributed by atoms with Gasteiger partial charge in [-0.2, -0.15) is 0 Å². The molecule has 1 aromatic rings. The maximum atomic E-state index is 12.6. The molecule has 2 saturated heterocycles. The van der Waals surface area contributed by atoms with Crippen LogP contribution in [0.2, 0.25) is 0 Å². The summed E-state index contributed by atoms with van der Waals surface area (Å²) < 4.78 is 0. The maximum absolute atomic E-state index is 12.6. The van der Waals surface area contributed by atoms with Crippen molar-refractivity contribution < 1.29 is 14.7 Å². The van der Waals surface area contributed by atoms with Crippen LogP contribution in [0.5, 0.6) is 0 Å². The number of carbonyl (C=O) groups is 2. The molecule has 3 heterocycles. The van der Waals surface area contributed by atoms with Gasteiger partial charge in [0.15, 0.2) is 0 Å². The van der Waals surface area contributed by atoms with Gasteiger partial charge in [-0.1, -0.05) is 0 Å². The van der Waals surface area contributed by atoms with Crippen molar-refractivity contribution in [2.75, 3.05) is 0 Å². The van der Waals surface area contributed by atoms with Gasteiger partial charge < -0.3 is 10.0 Å². The van der Waals surface area contributed by atoms with Crippen LogP contribution in [0, 0.1) is 12.8 Å². The number of amides is 1. The smallest absolute Gasteiger partial charge is 0.303 e. The van der Waals surface area contributed by atoms with Crippen LogP contribution in [0.25, 0.3) is 0 Å². The summed E-state index contributed by atoms with van der Waals surface area (Å²) >= 11 is 1.55. The zero-order valence-electron chi connectivity index (χ0n) is 11.5. The van der Waals surface area contributed by atoms with E-state index in [0.29, 0.717) is 0 Å². The van der Waals surface area contributed by atoms with Crippen molar-refractivity contribution in [3.63, 3.8) is 0 Å². The maximum Gasteiger partial charge on any atom is 0.303 e. The normalized spacial score (nSPS) is 28.6. The second kappa shape index (κ2) is 5.20. The first-order valence-corrected chi connectivity index (χ1v) is 7.97. The number of aliphatic carboxylic acids is 1. The van der Waals surface area contributed by atoms with E-state index in [-0.39, 0.29) is 30.3 Å². The lowest BCUT2D eigenvalue weighted by atomic mass is 9.88. The SMILES string of the molecule is Cc1ccc(C(=O)N2C3CCC2CC(CC(=O)O)C3)s1. The average molecular weight is 293 g/mol. The number of carboxylic acids is 1. The minimum Gasteiger partial charge on any atom is -0.481 e. The molecule has 0 spiro atoms. The van der Waals surface area contributed by atoms with E-state index in [0.717, 1.165) is 35.4 Å². The Bertz CT molecular complexity index is 525. The Morgan fingerprint density at radius 3 is 2.45 bits per heavy atom. The molecule has 2 bridgehead atoms. The largest absolute Gasteiger partial charge is 0.481 e. The van der Waals surface area contributed by atoms with E-state index >= 15 is 0 Å². The summed E-state index contributed by atoms with van der Waals surface area (Å²) in [5.74, 6) is -0.341. The first kappa shape index (κ1) is 13.6. The van der Waals surface area contributed by atoms with E-state index in [1.165, 1.54) is 0 Å². The number of rotatable bonds is 3. The molecule has 2 fully saturated rings. The van der Waals surface area contributed by atoms with E-state index in [1.807, 2.05) is 24.0 Å². The fourth-order valence-electron chi connectivity index (χ4n) is 3.71. The van der Waals surface area contributed by atoms with E-state index in [4.69, 9.17) is 5.11 Å². The number of fused-ring (bicyclic) bond motifs is 2. The van der Waals surface area contributed by atoms with Gasteiger partial charge in [0.1, 0.15) is 0 Å². The molecule has 0 aromatic carbocycles. The number of piperidine rings is 1. The Labute approximate surface area is 122 Å². The molecule has 2 aliphatic heterocycles. The Hall–Kier alpha value is -1.36. The zero-order chi connectivity index (χ0) is 14.3. The lowest BCUT2D eigenvalue weighted by molar-refractivity contribution is -0.138. The lowest BCUT2D eigenvalue weighted by Crippen LogP contribution is -2.46. The van der Waals surface area contributed by atoms with Crippen LogP contribution < -0.4 is 0 Å². The minimum atomic E-state index is -0.719. The molecule has 2 aliphatic rings. The quantitative estimate of drug-likeness (QED) is 0.932. The summed E-state index contributed by atoms with van der Waals surface area (Å²) in [6, 6.07) is 4.38. The van der Waals surface area contributed by atoms with Crippen molar-refractivity contribution in [3.8, 4) is 0 Å². The zero-order valence-corrected chi connectivity index (χ0v) is 12.4. The highest BCUT2D eigenvalue weighted by atomic mass is 32.1. The molecule has 3 rings (SSSR count). The highest BCUT2D eigenvalue weighted by Crippen LogP contribution is 2.41. The predicted molar refractivity (Wildman–Crippen MR) is 77.0 cm³/mol. The summed E-state index contributed by atoms with van der Waals surface area (Å²) in [4.78, 5) is 27.5. The molecule has 1 N–H and O–H groups in total. The fraction of sp³-hybridized carbons (Fsp3) is 0.600. The third kappa shape index (κ3) is 2.46. The lowest BCUT2D eigenvalue weighted by Gasteiger charge is -2.38. The molecule has 20 heavy (non-hydrogen) atoms. The van der Waals surface area contributed by atoms with Gasteiger partial charge in [0, 0.05) is 23.4 Å². The Morgan fingerprint density at radius 1 is 1.30 bits per heavy atom. The highest BCUT2D eigenvalue weighted by Gasteiger charge is 2.43. The van der Waals surface area contributed by atoms with Crippen molar-refractivity contribution in [1.29, 1.82) is 0 Å². The predicted octanol–water partition coefficient (Wildman–Crippen LogP) is 2.91. The number of hydrogen-bond donors (Lipinski definition) is 1. The van der Waals surface area contributed by atoms with Crippen LogP contribution in [0.3, 0.4) is 0 Å². The van der Waals surface area contributed by atoms with Crippen LogP contribution >= 0.6 is 11.3 Å². The molecule has 2 unspecified atom stereocenters. The Balaban J connectivity index is 1.74. The molecular formula is C15H19NO3S. The summed E-state index contributed by atoms with van der Waals surface area (Å²) in [5.41, 5.74) is 0. The standard InChI is InChI=1S/C15H19NO3S/c1-9-2-5-13(20-9)15(19)16-11-3-4-12(16)7-10(6-11)8-14(17)18/h2,5,10-12H,3-4,6-8H2,1H3,(H,17,18). The second-order valence-corrected chi connectivity index (χ2v) is 7.23. The van der Waals surface area contributed by atoms with Crippen molar-refractivity contribution in [2.45, 2.75) is 51.1 Å². The molecule has 108 valence electrons. The van der Waals surface area contributed by atoms with Gasteiger partial charge in [-0.25, -0.2) is 0 Å². The Kier molecular flexibility index (Phi) is 3.54. The van der Waals surface area contributed by atoms with Crippen molar-refractivity contribution in [3.05, 3.63) is 21.9 Å². The summed E-state index contributed by atoms with van der Waals surface area (Å²) in [7, 11) is 0. The summed E-state index contributed by atoms with van der Waals surface area (Å²) in [6.07, 6.45) is 3.98. The van der Waals surface area contributed by atoms with E-state index in [2.05, 4.69) is 0 Å². The second-order valence-electron chi connectivity index (χ2n) is 5.94. The molecule has 0 radical (unpaired) electrons. The van der Waals surface area contributed by atoms with Crippen molar-refractivity contribution in [2.24, 2.45) is 5.92 Å². The molecule has 1 amide bonds. The van der Waals surface area contributed by atoms with Gasteiger partial charge in [-0.15, -0.1) is 11.3 Å². The van der Waals surface area contributed by atoms with Crippen molar-refractivity contribution >= 4 is 23.2 Å². The van der Waals surface area contributed by atoms with Crippen LogP contribution in [-0.2, 0) is 4.79 Å². The summed E-state index contributed by atoms with van der Waals surface area (Å²) in [6.45, 7) is 2.01. The number of carboxylic acid groups (broad SMARTS) is 1. The molecule has 0 aliphatic carbocycles. The molecule has 4 nitrogen and oxygen atoms in total. The number of nitrogens with zero attached hydrogens (tertiary/aromatic N) is 1. The first-order chi connectivity index (χ1) is 9.54. The van der Waals surface area contributed by atoms with Gasteiger partial charge in [-0.3, -0.25) is 9.59 Å². The monoisotopic (exact) mass is 293 g/mol. The minimum absolute atomic E-state index is 0.143. The third-order valence-electron chi connectivity index (χ3n) is 4.48. The topological polar surface area (TPSA) is 57.6 Å². The van der Waals surface area contributed by atoms with Gasteiger partial charge >= 0.3 is 5.97 Å². The van der Waals surface area contributed by atoms with Crippen LogP contribution in [0.15, 0.2) is 12.1 Å². The molecular weight excluding hydrogens is 274 g/mol.